The van der Waals surface area contributed by atoms with E-state index in [4.69, 9.17) is 0 Å². The van der Waals surface area contributed by atoms with Crippen LogP contribution in [0.25, 0.3) is 0 Å². The predicted molar refractivity (Wildman–Crippen MR) is 68.7 cm³/mol. The van der Waals surface area contributed by atoms with Gasteiger partial charge >= 0.3 is 0 Å². The molecule has 91 valence electrons. The molecule has 4 nitrogen and oxygen atoms in total. The Kier molecular flexibility index (Phi) is 4.69. The Morgan fingerprint density at radius 3 is 1.76 bits per heavy atom. The lowest BCUT2D eigenvalue weighted by Gasteiger charge is -2.09. The fourth-order valence-corrected chi connectivity index (χ4v) is 1.34. The molecule has 0 spiro atoms. The van der Waals surface area contributed by atoms with Crippen molar-refractivity contribution < 1.29 is 9.59 Å². The molecule has 0 fully saturated rings. The van der Waals surface area contributed by atoms with Gasteiger partial charge in [-0.2, -0.15) is 0 Å². The summed E-state index contributed by atoms with van der Waals surface area (Å²) >= 11 is 0. The van der Waals surface area contributed by atoms with Crippen molar-refractivity contribution >= 4 is 23.2 Å². The minimum absolute atomic E-state index is 0.0663. The SMILES string of the molecule is [CH2]c1cc(NC(=O)CC)cc(NC(=O)CC)c1. The van der Waals surface area contributed by atoms with Crippen molar-refractivity contribution in [1.29, 1.82) is 0 Å². The van der Waals surface area contributed by atoms with Crippen LogP contribution in [0.15, 0.2) is 18.2 Å². The molecule has 1 aromatic carbocycles. The van der Waals surface area contributed by atoms with Gasteiger partial charge in [0.25, 0.3) is 0 Å². The Morgan fingerprint density at radius 1 is 1.00 bits per heavy atom. The summed E-state index contributed by atoms with van der Waals surface area (Å²) in [7, 11) is 0. The minimum atomic E-state index is -0.0663. The average molecular weight is 233 g/mol. The van der Waals surface area contributed by atoms with Crippen LogP contribution in [0.1, 0.15) is 32.3 Å². The van der Waals surface area contributed by atoms with Gasteiger partial charge in [0.2, 0.25) is 11.8 Å². The predicted octanol–water partition coefficient (Wildman–Crippen LogP) is 2.57. The van der Waals surface area contributed by atoms with E-state index in [-0.39, 0.29) is 11.8 Å². The molecule has 0 saturated heterocycles. The van der Waals surface area contributed by atoms with Crippen molar-refractivity contribution in [2.75, 3.05) is 10.6 Å². The molecule has 1 aromatic rings. The Morgan fingerprint density at radius 2 is 1.41 bits per heavy atom. The van der Waals surface area contributed by atoms with Crippen LogP contribution in [0.4, 0.5) is 11.4 Å². The molecule has 17 heavy (non-hydrogen) atoms. The first-order valence-corrected chi connectivity index (χ1v) is 5.62. The van der Waals surface area contributed by atoms with Crippen LogP contribution in [0.5, 0.6) is 0 Å². The normalized spacial score (nSPS) is 9.82. The molecule has 1 rings (SSSR count). The molecule has 0 aliphatic heterocycles. The lowest BCUT2D eigenvalue weighted by Crippen LogP contribution is -2.12. The van der Waals surface area contributed by atoms with E-state index in [9.17, 15) is 9.59 Å². The van der Waals surface area contributed by atoms with E-state index in [1.54, 1.807) is 32.0 Å². The van der Waals surface area contributed by atoms with Gasteiger partial charge < -0.3 is 10.6 Å². The molecule has 0 heterocycles. The molecular formula is C13H17N2O2. The number of carbonyl (C=O) groups excluding carboxylic acids is 2. The van der Waals surface area contributed by atoms with Gasteiger partial charge in [-0.1, -0.05) is 13.8 Å². The van der Waals surface area contributed by atoms with Gasteiger partial charge in [0.1, 0.15) is 0 Å². The number of anilines is 2. The third-order valence-corrected chi connectivity index (χ3v) is 2.20. The Hall–Kier alpha value is -1.84. The lowest BCUT2D eigenvalue weighted by molar-refractivity contribution is -0.116. The summed E-state index contributed by atoms with van der Waals surface area (Å²) in [4.78, 5) is 22.5. The molecule has 0 aliphatic carbocycles. The van der Waals surface area contributed by atoms with E-state index < -0.39 is 0 Å². The molecular weight excluding hydrogens is 216 g/mol. The number of benzene rings is 1. The topological polar surface area (TPSA) is 58.2 Å². The average Bonchev–Trinajstić information content (AvgIpc) is 2.27. The fourth-order valence-electron chi connectivity index (χ4n) is 1.34. The molecule has 0 bridgehead atoms. The molecule has 0 unspecified atom stereocenters. The molecule has 0 aromatic heterocycles. The van der Waals surface area contributed by atoms with E-state index in [1.807, 2.05) is 0 Å². The quantitative estimate of drug-likeness (QED) is 0.839. The van der Waals surface area contributed by atoms with Gasteiger partial charge in [-0.05, 0) is 30.7 Å². The highest BCUT2D eigenvalue weighted by molar-refractivity contribution is 5.94. The van der Waals surface area contributed by atoms with Crippen LogP contribution in [0, 0.1) is 6.92 Å². The Bertz CT molecular complexity index is 391. The van der Waals surface area contributed by atoms with Gasteiger partial charge in [-0.15, -0.1) is 0 Å². The summed E-state index contributed by atoms with van der Waals surface area (Å²) in [5.41, 5.74) is 2.04. The largest absolute Gasteiger partial charge is 0.326 e. The van der Waals surface area contributed by atoms with Crippen molar-refractivity contribution in [3.8, 4) is 0 Å². The number of amides is 2. The molecule has 2 amide bonds. The highest BCUT2D eigenvalue weighted by Crippen LogP contribution is 2.19. The summed E-state index contributed by atoms with van der Waals surface area (Å²) in [5, 5.41) is 5.47. The third-order valence-electron chi connectivity index (χ3n) is 2.20. The van der Waals surface area contributed by atoms with E-state index >= 15 is 0 Å². The summed E-state index contributed by atoms with van der Waals surface area (Å²) in [6, 6.07) is 5.24. The second-order valence-electron chi connectivity index (χ2n) is 3.72. The first kappa shape index (κ1) is 13.2. The van der Waals surface area contributed by atoms with Gasteiger partial charge in [0.05, 0.1) is 0 Å². The highest BCUT2D eigenvalue weighted by atomic mass is 16.2. The molecule has 0 saturated carbocycles. The molecule has 0 aliphatic rings. The zero-order valence-corrected chi connectivity index (χ0v) is 10.2. The number of hydrogen-bond donors (Lipinski definition) is 2. The van der Waals surface area contributed by atoms with Crippen LogP contribution >= 0.6 is 0 Å². The van der Waals surface area contributed by atoms with Crippen LogP contribution in [-0.4, -0.2) is 11.8 Å². The second kappa shape index (κ2) is 6.03. The first-order valence-electron chi connectivity index (χ1n) is 5.62. The number of carbonyl (C=O) groups is 2. The van der Waals surface area contributed by atoms with Crippen LogP contribution < -0.4 is 10.6 Å². The van der Waals surface area contributed by atoms with E-state index in [0.717, 1.165) is 5.56 Å². The molecule has 1 radical (unpaired) electrons. The summed E-state index contributed by atoms with van der Waals surface area (Å²) in [6.07, 6.45) is 0.829. The maximum atomic E-state index is 11.3. The van der Waals surface area contributed by atoms with Gasteiger partial charge in [-0.25, -0.2) is 0 Å². The number of hydrogen-bond acceptors (Lipinski definition) is 2. The van der Waals surface area contributed by atoms with Crippen molar-refractivity contribution in [2.24, 2.45) is 0 Å². The van der Waals surface area contributed by atoms with Crippen molar-refractivity contribution in [3.63, 3.8) is 0 Å². The standard InChI is InChI=1S/C13H17N2O2/c1-4-12(16)14-10-6-9(3)7-11(8-10)15-13(17)5-2/h6-8H,3-5H2,1-2H3,(H,14,16)(H,15,17). The Balaban J connectivity index is 2.86. The van der Waals surface area contributed by atoms with Gasteiger partial charge in [0.15, 0.2) is 0 Å². The zero-order valence-electron chi connectivity index (χ0n) is 10.2. The lowest BCUT2D eigenvalue weighted by atomic mass is 10.2. The minimum Gasteiger partial charge on any atom is -0.326 e. The van der Waals surface area contributed by atoms with E-state index in [0.29, 0.717) is 24.2 Å². The highest BCUT2D eigenvalue weighted by Gasteiger charge is 2.04. The van der Waals surface area contributed by atoms with Gasteiger partial charge in [0, 0.05) is 24.2 Å². The first-order chi connectivity index (χ1) is 8.05. The fraction of sp³-hybridized carbons (Fsp3) is 0.308. The smallest absolute Gasteiger partial charge is 0.224 e. The maximum Gasteiger partial charge on any atom is 0.224 e. The van der Waals surface area contributed by atoms with Crippen LogP contribution in [-0.2, 0) is 9.59 Å². The van der Waals surface area contributed by atoms with Crippen LogP contribution in [0.3, 0.4) is 0 Å². The van der Waals surface area contributed by atoms with Crippen molar-refractivity contribution in [2.45, 2.75) is 26.7 Å². The molecule has 2 N–H and O–H groups in total. The summed E-state index contributed by atoms with van der Waals surface area (Å²) < 4.78 is 0. The van der Waals surface area contributed by atoms with Gasteiger partial charge in [-0.3, -0.25) is 9.59 Å². The summed E-state index contributed by atoms with van der Waals surface area (Å²) in [5.74, 6) is -0.133. The number of rotatable bonds is 4. The summed E-state index contributed by atoms with van der Waals surface area (Å²) in [6.45, 7) is 7.37. The second-order valence-corrected chi connectivity index (χ2v) is 3.72. The molecule has 4 heteroatoms. The molecule has 0 atom stereocenters. The van der Waals surface area contributed by atoms with E-state index in [1.165, 1.54) is 0 Å². The van der Waals surface area contributed by atoms with Crippen molar-refractivity contribution in [3.05, 3.63) is 30.7 Å². The zero-order chi connectivity index (χ0) is 12.8. The number of nitrogens with one attached hydrogen (secondary N) is 2. The monoisotopic (exact) mass is 233 g/mol. The third kappa shape index (κ3) is 4.26. The van der Waals surface area contributed by atoms with Crippen LogP contribution in [0.2, 0.25) is 0 Å². The Labute approximate surface area is 101 Å². The van der Waals surface area contributed by atoms with E-state index in [2.05, 4.69) is 17.6 Å². The maximum absolute atomic E-state index is 11.3. The van der Waals surface area contributed by atoms with Crippen molar-refractivity contribution in [1.82, 2.24) is 0 Å².